The van der Waals surface area contributed by atoms with E-state index in [1.807, 2.05) is 30.3 Å². The van der Waals surface area contributed by atoms with Crippen molar-refractivity contribution in [3.8, 4) is 5.69 Å². The topological polar surface area (TPSA) is 85.3 Å². The zero-order valence-corrected chi connectivity index (χ0v) is 13.8. The Morgan fingerprint density at radius 2 is 2.04 bits per heavy atom. The minimum Gasteiger partial charge on any atom is -0.368 e. The SMILES string of the molecule is Cc1nn(-c2ccccc2)c(Cl)c1C(=O)NNC(=O)C1CCCO1. The number of benzene rings is 1. The molecule has 1 atom stereocenters. The monoisotopic (exact) mass is 348 g/mol. The van der Waals surface area contributed by atoms with Gasteiger partial charge in [0.15, 0.2) is 0 Å². The molecule has 1 saturated heterocycles. The number of aromatic nitrogens is 2. The first-order chi connectivity index (χ1) is 11.6. The zero-order chi connectivity index (χ0) is 17.1. The number of aryl methyl sites for hydroxylation is 1. The molecule has 0 saturated carbocycles. The van der Waals surface area contributed by atoms with Gasteiger partial charge in [0.05, 0.1) is 11.4 Å². The molecule has 1 aliphatic rings. The van der Waals surface area contributed by atoms with Gasteiger partial charge in [0.25, 0.3) is 11.8 Å². The van der Waals surface area contributed by atoms with Crippen molar-refractivity contribution in [1.82, 2.24) is 20.6 Å². The van der Waals surface area contributed by atoms with E-state index in [9.17, 15) is 9.59 Å². The van der Waals surface area contributed by atoms with Crippen LogP contribution in [0.4, 0.5) is 0 Å². The Morgan fingerprint density at radius 1 is 1.29 bits per heavy atom. The molecule has 0 aliphatic carbocycles. The van der Waals surface area contributed by atoms with Crippen molar-refractivity contribution >= 4 is 23.4 Å². The quantitative estimate of drug-likeness (QED) is 0.828. The maximum atomic E-state index is 12.3. The molecular formula is C16H17ClN4O3. The van der Waals surface area contributed by atoms with Crippen molar-refractivity contribution in [1.29, 1.82) is 0 Å². The summed E-state index contributed by atoms with van der Waals surface area (Å²) < 4.78 is 6.74. The first-order valence-corrected chi connectivity index (χ1v) is 7.98. The first kappa shape index (κ1) is 16.5. The molecule has 1 aliphatic heterocycles. The predicted molar refractivity (Wildman–Crippen MR) is 87.9 cm³/mol. The molecular weight excluding hydrogens is 332 g/mol. The van der Waals surface area contributed by atoms with Crippen LogP contribution in [0.2, 0.25) is 5.15 Å². The molecule has 1 aromatic heterocycles. The van der Waals surface area contributed by atoms with Crippen molar-refractivity contribution in [2.24, 2.45) is 0 Å². The van der Waals surface area contributed by atoms with Gasteiger partial charge in [0.1, 0.15) is 16.8 Å². The number of amides is 2. The Balaban J connectivity index is 1.73. The normalized spacial score (nSPS) is 16.8. The van der Waals surface area contributed by atoms with Crippen molar-refractivity contribution in [2.75, 3.05) is 6.61 Å². The second-order valence-corrected chi connectivity index (χ2v) is 5.80. The number of ether oxygens (including phenoxy) is 1. The maximum Gasteiger partial charge on any atom is 0.274 e. The van der Waals surface area contributed by atoms with Gasteiger partial charge in [-0.3, -0.25) is 20.4 Å². The summed E-state index contributed by atoms with van der Waals surface area (Å²) in [5.41, 5.74) is 6.16. The number of hydrazine groups is 1. The van der Waals surface area contributed by atoms with Crippen LogP contribution in [0, 0.1) is 6.92 Å². The van der Waals surface area contributed by atoms with Gasteiger partial charge in [-0.05, 0) is 31.9 Å². The fourth-order valence-corrected chi connectivity index (χ4v) is 2.90. The number of carbonyl (C=O) groups excluding carboxylic acids is 2. The largest absolute Gasteiger partial charge is 0.368 e. The van der Waals surface area contributed by atoms with Crippen LogP contribution in [0.1, 0.15) is 28.9 Å². The Hall–Kier alpha value is -2.38. The molecule has 1 aromatic carbocycles. The van der Waals surface area contributed by atoms with Crippen LogP contribution in [0.15, 0.2) is 30.3 Å². The summed E-state index contributed by atoms with van der Waals surface area (Å²) in [6, 6.07) is 9.24. The number of hydrogen-bond acceptors (Lipinski definition) is 4. The zero-order valence-electron chi connectivity index (χ0n) is 13.1. The minimum atomic E-state index is -0.522. The summed E-state index contributed by atoms with van der Waals surface area (Å²) in [7, 11) is 0. The van der Waals surface area contributed by atoms with E-state index in [0.29, 0.717) is 18.7 Å². The highest BCUT2D eigenvalue weighted by Crippen LogP contribution is 2.23. The molecule has 1 fully saturated rings. The van der Waals surface area contributed by atoms with E-state index in [1.54, 1.807) is 6.92 Å². The van der Waals surface area contributed by atoms with Crippen LogP contribution in [0.3, 0.4) is 0 Å². The molecule has 126 valence electrons. The molecule has 2 N–H and O–H groups in total. The molecule has 7 nitrogen and oxygen atoms in total. The van der Waals surface area contributed by atoms with E-state index >= 15 is 0 Å². The van der Waals surface area contributed by atoms with Crippen molar-refractivity contribution in [3.05, 3.63) is 46.7 Å². The van der Waals surface area contributed by atoms with E-state index in [-0.39, 0.29) is 16.6 Å². The number of para-hydroxylation sites is 1. The maximum absolute atomic E-state index is 12.3. The van der Waals surface area contributed by atoms with Gasteiger partial charge in [0, 0.05) is 6.61 Å². The Kier molecular flexibility index (Phi) is 4.82. The van der Waals surface area contributed by atoms with Crippen LogP contribution in [0.25, 0.3) is 5.69 Å². The van der Waals surface area contributed by atoms with Crippen molar-refractivity contribution in [2.45, 2.75) is 25.9 Å². The third kappa shape index (κ3) is 3.27. The van der Waals surface area contributed by atoms with Gasteiger partial charge >= 0.3 is 0 Å². The van der Waals surface area contributed by atoms with Crippen LogP contribution in [-0.4, -0.2) is 34.3 Å². The van der Waals surface area contributed by atoms with E-state index in [4.69, 9.17) is 16.3 Å². The number of halogens is 1. The lowest BCUT2D eigenvalue weighted by Crippen LogP contribution is -2.46. The third-order valence-electron chi connectivity index (χ3n) is 3.75. The summed E-state index contributed by atoms with van der Waals surface area (Å²) in [5, 5.41) is 4.48. The third-order valence-corrected chi connectivity index (χ3v) is 4.10. The average molecular weight is 349 g/mol. The predicted octanol–water partition coefficient (Wildman–Crippen LogP) is 1.77. The Bertz CT molecular complexity index is 754. The second kappa shape index (κ2) is 7.02. The summed E-state index contributed by atoms with van der Waals surface area (Å²) in [5.74, 6) is -0.892. The van der Waals surface area contributed by atoms with E-state index in [2.05, 4.69) is 16.0 Å². The van der Waals surface area contributed by atoms with Crippen LogP contribution < -0.4 is 10.9 Å². The van der Waals surface area contributed by atoms with Crippen LogP contribution in [-0.2, 0) is 9.53 Å². The summed E-state index contributed by atoms with van der Waals surface area (Å²) in [4.78, 5) is 24.2. The molecule has 8 heteroatoms. The van der Waals surface area contributed by atoms with Gasteiger partial charge in [0.2, 0.25) is 0 Å². The number of carbonyl (C=O) groups is 2. The van der Waals surface area contributed by atoms with Gasteiger partial charge in [-0.1, -0.05) is 29.8 Å². The minimum absolute atomic E-state index is 0.183. The lowest BCUT2D eigenvalue weighted by molar-refractivity contribution is -0.130. The van der Waals surface area contributed by atoms with Gasteiger partial charge in [-0.15, -0.1) is 0 Å². The van der Waals surface area contributed by atoms with E-state index < -0.39 is 12.0 Å². The number of nitrogens with zero attached hydrogens (tertiary/aromatic N) is 2. The lowest BCUT2D eigenvalue weighted by Gasteiger charge is -2.11. The summed E-state index contributed by atoms with van der Waals surface area (Å²) >= 11 is 6.30. The standard InChI is InChI=1S/C16H17ClN4O3/c1-10-13(14(17)21(20-10)11-6-3-2-4-7-11)16(23)19-18-15(22)12-8-5-9-24-12/h2-4,6-7,12H,5,8-9H2,1H3,(H,18,22)(H,19,23). The van der Waals surface area contributed by atoms with Gasteiger partial charge in [-0.25, -0.2) is 4.68 Å². The van der Waals surface area contributed by atoms with E-state index in [0.717, 1.165) is 12.1 Å². The van der Waals surface area contributed by atoms with Crippen molar-refractivity contribution < 1.29 is 14.3 Å². The molecule has 2 amide bonds. The molecule has 1 unspecified atom stereocenters. The first-order valence-electron chi connectivity index (χ1n) is 7.60. The average Bonchev–Trinajstić information content (AvgIpc) is 3.22. The van der Waals surface area contributed by atoms with Gasteiger partial charge < -0.3 is 4.74 Å². The highest BCUT2D eigenvalue weighted by molar-refractivity contribution is 6.33. The second-order valence-electron chi connectivity index (χ2n) is 5.44. The molecule has 2 heterocycles. The number of nitrogens with one attached hydrogen (secondary N) is 2. The molecule has 0 spiro atoms. The number of hydrogen-bond donors (Lipinski definition) is 2. The van der Waals surface area contributed by atoms with Crippen LogP contribution in [0.5, 0.6) is 0 Å². The fourth-order valence-electron chi connectivity index (χ4n) is 2.54. The number of rotatable bonds is 3. The smallest absolute Gasteiger partial charge is 0.274 e. The molecule has 3 rings (SSSR count). The highest BCUT2D eigenvalue weighted by atomic mass is 35.5. The van der Waals surface area contributed by atoms with Crippen molar-refractivity contribution in [3.63, 3.8) is 0 Å². The Morgan fingerprint density at radius 3 is 2.71 bits per heavy atom. The summed E-state index contributed by atoms with van der Waals surface area (Å²) in [6.07, 6.45) is 0.961. The van der Waals surface area contributed by atoms with E-state index in [1.165, 1.54) is 4.68 Å². The fraction of sp³-hybridized carbons (Fsp3) is 0.312. The van der Waals surface area contributed by atoms with Crippen LogP contribution >= 0.6 is 11.6 Å². The molecule has 2 aromatic rings. The summed E-state index contributed by atoms with van der Waals surface area (Å²) in [6.45, 7) is 2.24. The Labute approximate surface area is 143 Å². The molecule has 0 bridgehead atoms. The van der Waals surface area contributed by atoms with Gasteiger partial charge in [-0.2, -0.15) is 5.10 Å². The molecule has 0 radical (unpaired) electrons. The molecule has 24 heavy (non-hydrogen) atoms. The lowest BCUT2D eigenvalue weighted by atomic mass is 10.2. The highest BCUT2D eigenvalue weighted by Gasteiger charge is 2.25.